The minimum Gasteiger partial charge on any atom is -0.325 e. The van der Waals surface area contributed by atoms with Crippen molar-refractivity contribution in [3.63, 3.8) is 0 Å². The van der Waals surface area contributed by atoms with E-state index in [1.165, 1.54) is 11.8 Å². The largest absolute Gasteiger partial charge is 0.325 e. The van der Waals surface area contributed by atoms with Gasteiger partial charge in [0.25, 0.3) is 0 Å². The lowest BCUT2D eigenvalue weighted by Crippen LogP contribution is -2.14. The Kier molecular flexibility index (Phi) is 4.96. The summed E-state index contributed by atoms with van der Waals surface area (Å²) >= 11 is 1.40. The topological polar surface area (TPSA) is 65.8 Å². The van der Waals surface area contributed by atoms with Crippen molar-refractivity contribution in [2.75, 3.05) is 11.1 Å². The summed E-state index contributed by atoms with van der Waals surface area (Å²) in [6.45, 7) is 3.94. The number of hydrogen-bond acceptors (Lipinski definition) is 4. The van der Waals surface area contributed by atoms with Crippen LogP contribution in [0.15, 0.2) is 41.4 Å². The molecule has 2 aromatic rings. The molecule has 2 rings (SSSR count). The van der Waals surface area contributed by atoms with E-state index in [9.17, 15) is 4.79 Å². The first kappa shape index (κ1) is 15.1. The van der Waals surface area contributed by atoms with Gasteiger partial charge in [-0.25, -0.2) is 4.98 Å². The van der Waals surface area contributed by atoms with Gasteiger partial charge in [0.05, 0.1) is 22.4 Å². The molecule has 0 aliphatic heterocycles. The van der Waals surface area contributed by atoms with Crippen molar-refractivity contribution in [3.05, 3.63) is 53.2 Å². The van der Waals surface area contributed by atoms with E-state index in [1.807, 2.05) is 32.0 Å². The molecular formula is C16H15N3OS. The SMILES string of the molecule is Cc1cc(C)nc(SCC(=O)Nc2cccc(C#N)c2)c1. The first-order chi connectivity index (χ1) is 10.1. The fourth-order valence-electron chi connectivity index (χ4n) is 1.88. The van der Waals surface area contributed by atoms with Crippen molar-refractivity contribution in [2.24, 2.45) is 0 Å². The molecule has 0 aliphatic carbocycles. The highest BCUT2D eigenvalue weighted by molar-refractivity contribution is 7.99. The van der Waals surface area contributed by atoms with E-state index in [1.54, 1.807) is 24.3 Å². The number of benzene rings is 1. The van der Waals surface area contributed by atoms with Gasteiger partial charge in [-0.1, -0.05) is 17.8 Å². The minimum absolute atomic E-state index is 0.115. The van der Waals surface area contributed by atoms with Gasteiger partial charge in [-0.2, -0.15) is 5.26 Å². The van der Waals surface area contributed by atoms with Gasteiger partial charge >= 0.3 is 0 Å². The van der Waals surface area contributed by atoms with Crippen LogP contribution in [0.1, 0.15) is 16.8 Å². The Labute approximate surface area is 128 Å². The van der Waals surface area contributed by atoms with E-state index >= 15 is 0 Å². The summed E-state index contributed by atoms with van der Waals surface area (Å²) < 4.78 is 0. The molecule has 0 saturated carbocycles. The Morgan fingerprint density at radius 2 is 2.14 bits per heavy atom. The molecule has 0 fully saturated rings. The summed E-state index contributed by atoms with van der Waals surface area (Å²) in [4.78, 5) is 16.3. The zero-order valence-electron chi connectivity index (χ0n) is 11.9. The van der Waals surface area contributed by atoms with Crippen LogP contribution in [0.25, 0.3) is 0 Å². The highest BCUT2D eigenvalue weighted by Crippen LogP contribution is 2.18. The van der Waals surface area contributed by atoms with Crippen LogP contribution < -0.4 is 5.32 Å². The molecule has 1 aromatic heterocycles. The molecule has 0 atom stereocenters. The van der Waals surface area contributed by atoms with E-state index < -0.39 is 0 Å². The smallest absolute Gasteiger partial charge is 0.234 e. The number of carbonyl (C=O) groups is 1. The maximum absolute atomic E-state index is 11.9. The average Bonchev–Trinajstić information content (AvgIpc) is 2.44. The molecule has 1 heterocycles. The number of rotatable bonds is 4. The third-order valence-electron chi connectivity index (χ3n) is 2.70. The first-order valence-electron chi connectivity index (χ1n) is 6.45. The lowest BCUT2D eigenvalue weighted by atomic mass is 10.2. The van der Waals surface area contributed by atoms with Crippen LogP contribution in [0.3, 0.4) is 0 Å². The molecule has 21 heavy (non-hydrogen) atoms. The Morgan fingerprint density at radius 1 is 1.33 bits per heavy atom. The zero-order valence-corrected chi connectivity index (χ0v) is 12.7. The number of pyridine rings is 1. The van der Waals surface area contributed by atoms with Crippen molar-refractivity contribution >= 4 is 23.4 Å². The van der Waals surface area contributed by atoms with Crippen LogP contribution in [0.5, 0.6) is 0 Å². The number of nitrogens with zero attached hydrogens (tertiary/aromatic N) is 2. The number of hydrogen-bond donors (Lipinski definition) is 1. The van der Waals surface area contributed by atoms with Crippen LogP contribution in [-0.2, 0) is 4.79 Å². The fourth-order valence-corrected chi connectivity index (χ4v) is 2.71. The standard InChI is InChI=1S/C16H15N3OS/c1-11-6-12(2)18-16(7-11)21-10-15(20)19-14-5-3-4-13(8-14)9-17/h3-8H,10H2,1-2H3,(H,19,20). The lowest BCUT2D eigenvalue weighted by molar-refractivity contribution is -0.113. The second-order valence-corrected chi connectivity index (χ2v) is 5.65. The summed E-state index contributed by atoms with van der Waals surface area (Å²) in [5.74, 6) is 0.170. The maximum atomic E-state index is 11.9. The highest BCUT2D eigenvalue weighted by atomic mass is 32.2. The average molecular weight is 297 g/mol. The fraction of sp³-hybridized carbons (Fsp3) is 0.188. The molecule has 0 radical (unpaired) electrons. The summed E-state index contributed by atoms with van der Waals surface area (Å²) in [6, 6.07) is 12.9. The number of nitriles is 1. The number of amides is 1. The van der Waals surface area contributed by atoms with Crippen molar-refractivity contribution in [2.45, 2.75) is 18.9 Å². The van der Waals surface area contributed by atoms with Crippen LogP contribution in [0.2, 0.25) is 0 Å². The van der Waals surface area contributed by atoms with Gasteiger partial charge in [0.2, 0.25) is 5.91 Å². The normalized spacial score (nSPS) is 9.95. The third-order valence-corrected chi connectivity index (χ3v) is 3.61. The molecule has 1 amide bonds. The number of nitrogens with one attached hydrogen (secondary N) is 1. The molecule has 0 bridgehead atoms. The predicted molar refractivity (Wildman–Crippen MR) is 84.2 cm³/mol. The Morgan fingerprint density at radius 3 is 2.86 bits per heavy atom. The van der Waals surface area contributed by atoms with Gasteiger partial charge in [0, 0.05) is 11.4 Å². The maximum Gasteiger partial charge on any atom is 0.234 e. The highest BCUT2D eigenvalue weighted by Gasteiger charge is 2.06. The van der Waals surface area contributed by atoms with E-state index in [0.29, 0.717) is 11.3 Å². The van der Waals surface area contributed by atoms with Crippen molar-refractivity contribution in [3.8, 4) is 6.07 Å². The van der Waals surface area contributed by atoms with Crippen molar-refractivity contribution in [1.29, 1.82) is 5.26 Å². The third kappa shape index (κ3) is 4.62. The number of aryl methyl sites for hydroxylation is 2. The number of carbonyl (C=O) groups excluding carboxylic acids is 1. The van der Waals surface area contributed by atoms with Gasteiger partial charge in [-0.3, -0.25) is 4.79 Å². The second-order valence-electron chi connectivity index (χ2n) is 4.65. The van der Waals surface area contributed by atoms with Gasteiger partial charge in [0.15, 0.2) is 0 Å². The Bertz CT molecular complexity index is 687. The van der Waals surface area contributed by atoms with Crippen LogP contribution in [0, 0.1) is 25.2 Å². The first-order valence-corrected chi connectivity index (χ1v) is 7.43. The van der Waals surface area contributed by atoms with E-state index in [0.717, 1.165) is 16.3 Å². The molecule has 4 nitrogen and oxygen atoms in total. The van der Waals surface area contributed by atoms with Crippen LogP contribution >= 0.6 is 11.8 Å². The number of anilines is 1. The van der Waals surface area contributed by atoms with Gasteiger partial charge < -0.3 is 5.32 Å². The minimum atomic E-state index is -0.115. The molecule has 1 N–H and O–H groups in total. The van der Waals surface area contributed by atoms with Crippen molar-refractivity contribution in [1.82, 2.24) is 4.98 Å². The summed E-state index contributed by atoms with van der Waals surface area (Å²) in [6.07, 6.45) is 0. The predicted octanol–water partition coefficient (Wildman–Crippen LogP) is 3.30. The quantitative estimate of drug-likeness (QED) is 0.879. The number of aromatic nitrogens is 1. The molecule has 0 aliphatic rings. The van der Waals surface area contributed by atoms with Crippen molar-refractivity contribution < 1.29 is 4.79 Å². The molecule has 1 aromatic carbocycles. The van der Waals surface area contributed by atoms with Crippen LogP contribution in [0.4, 0.5) is 5.69 Å². The van der Waals surface area contributed by atoms with Gasteiger partial charge in [0.1, 0.15) is 0 Å². The molecule has 106 valence electrons. The molecule has 0 unspecified atom stereocenters. The monoisotopic (exact) mass is 297 g/mol. The van der Waals surface area contributed by atoms with E-state index in [2.05, 4.69) is 10.3 Å². The number of thioether (sulfide) groups is 1. The molecule has 0 saturated heterocycles. The molecular weight excluding hydrogens is 282 g/mol. The summed E-state index contributed by atoms with van der Waals surface area (Å²) in [5.41, 5.74) is 3.23. The lowest BCUT2D eigenvalue weighted by Gasteiger charge is -2.06. The zero-order chi connectivity index (χ0) is 15.2. The molecule has 0 spiro atoms. The van der Waals surface area contributed by atoms with E-state index in [-0.39, 0.29) is 11.7 Å². The van der Waals surface area contributed by atoms with Crippen LogP contribution in [-0.4, -0.2) is 16.6 Å². The summed E-state index contributed by atoms with van der Waals surface area (Å²) in [5, 5.41) is 12.4. The van der Waals surface area contributed by atoms with Gasteiger partial charge in [-0.05, 0) is 49.7 Å². The Hall–Kier alpha value is -2.32. The molecule has 5 heteroatoms. The van der Waals surface area contributed by atoms with E-state index in [4.69, 9.17) is 5.26 Å². The summed E-state index contributed by atoms with van der Waals surface area (Å²) in [7, 11) is 0. The second kappa shape index (κ2) is 6.91. The Balaban J connectivity index is 1.94. The van der Waals surface area contributed by atoms with Gasteiger partial charge in [-0.15, -0.1) is 0 Å².